The zero-order valence-electron chi connectivity index (χ0n) is 16.7. The molecule has 2 aliphatic rings. The van der Waals surface area contributed by atoms with Crippen LogP contribution in [0.5, 0.6) is 5.75 Å². The smallest absolute Gasteiger partial charge is 0.125 e. The minimum atomic E-state index is 0. The second-order valence-corrected chi connectivity index (χ2v) is 8.22. The van der Waals surface area contributed by atoms with Gasteiger partial charge in [-0.05, 0) is 42.5 Å². The van der Waals surface area contributed by atoms with Crippen LogP contribution in [0.1, 0.15) is 24.3 Å². The Morgan fingerprint density at radius 1 is 1.00 bits per heavy atom. The van der Waals surface area contributed by atoms with Crippen LogP contribution < -0.4 is 5.32 Å². The lowest BCUT2D eigenvalue weighted by molar-refractivity contribution is 0.0181. The Bertz CT molecular complexity index is 1200. The molecule has 2 aliphatic heterocycles. The molecule has 0 radical (unpaired) electrons. The monoisotopic (exact) mass is 438 g/mol. The van der Waals surface area contributed by atoms with Crippen molar-refractivity contribution in [2.24, 2.45) is 0 Å². The highest BCUT2D eigenvalue weighted by Gasteiger charge is 2.33. The first-order valence-electron chi connectivity index (χ1n) is 10.3. The quantitative estimate of drug-likeness (QED) is 0.390. The van der Waals surface area contributed by atoms with Gasteiger partial charge < -0.3 is 20.1 Å². The molecular formula is C22H23ClN6O2. The van der Waals surface area contributed by atoms with Gasteiger partial charge in [0, 0.05) is 41.2 Å². The molecule has 5 heterocycles. The molecule has 31 heavy (non-hydrogen) atoms. The average molecular weight is 439 g/mol. The molecule has 6 rings (SSSR count). The largest absolute Gasteiger partial charge is 0.507 e. The predicted octanol–water partition coefficient (Wildman–Crippen LogP) is 3.38. The van der Waals surface area contributed by atoms with Gasteiger partial charge in [-0.1, -0.05) is 6.07 Å². The van der Waals surface area contributed by atoms with Crippen LogP contribution in [0.25, 0.3) is 33.4 Å². The highest BCUT2D eigenvalue weighted by atomic mass is 35.5. The van der Waals surface area contributed by atoms with Crippen LogP contribution in [0.3, 0.4) is 0 Å². The lowest BCUT2D eigenvalue weighted by Crippen LogP contribution is -2.53. The van der Waals surface area contributed by atoms with Gasteiger partial charge in [0.1, 0.15) is 11.3 Å². The molecule has 2 fully saturated rings. The maximum atomic E-state index is 10.6. The molecule has 1 aromatic carbocycles. The minimum Gasteiger partial charge on any atom is -0.507 e. The average Bonchev–Trinajstić information content (AvgIpc) is 3.43. The summed E-state index contributed by atoms with van der Waals surface area (Å²) < 4.78 is 5.67. The number of aromatic nitrogens is 5. The first-order chi connectivity index (χ1) is 14.7. The second kappa shape index (κ2) is 7.96. The van der Waals surface area contributed by atoms with E-state index >= 15 is 0 Å². The Morgan fingerprint density at radius 3 is 2.58 bits per heavy atom. The molecule has 4 aromatic rings. The number of ether oxygens (including phenoxy) is 1. The van der Waals surface area contributed by atoms with Gasteiger partial charge in [0.2, 0.25) is 0 Å². The molecule has 4 N–H and O–H groups in total. The summed E-state index contributed by atoms with van der Waals surface area (Å²) in [5.74, 6) is 0.613. The van der Waals surface area contributed by atoms with Gasteiger partial charge in [0.25, 0.3) is 0 Å². The predicted molar refractivity (Wildman–Crippen MR) is 119 cm³/mol. The number of fused-ring (bicyclic) bond motifs is 3. The van der Waals surface area contributed by atoms with Crippen LogP contribution in [-0.2, 0) is 4.74 Å². The normalized spacial score (nSPS) is 22.9. The van der Waals surface area contributed by atoms with Crippen molar-refractivity contribution in [3.05, 3.63) is 48.4 Å². The maximum Gasteiger partial charge on any atom is 0.125 e. The van der Waals surface area contributed by atoms with Crippen molar-refractivity contribution >= 4 is 23.4 Å². The molecular weight excluding hydrogens is 416 g/mol. The fourth-order valence-electron chi connectivity index (χ4n) is 4.81. The van der Waals surface area contributed by atoms with E-state index in [0.717, 1.165) is 48.2 Å². The zero-order valence-corrected chi connectivity index (χ0v) is 17.5. The molecule has 0 spiro atoms. The van der Waals surface area contributed by atoms with Crippen molar-refractivity contribution in [1.29, 1.82) is 0 Å². The summed E-state index contributed by atoms with van der Waals surface area (Å²) in [7, 11) is 0. The van der Waals surface area contributed by atoms with E-state index in [1.54, 1.807) is 18.5 Å². The van der Waals surface area contributed by atoms with Crippen LogP contribution in [0.15, 0.2) is 42.9 Å². The van der Waals surface area contributed by atoms with Gasteiger partial charge in [-0.15, -0.1) is 22.6 Å². The van der Waals surface area contributed by atoms with E-state index in [1.807, 2.05) is 18.2 Å². The molecule has 9 heteroatoms. The fraction of sp³-hybridized carbons (Fsp3) is 0.318. The highest BCUT2D eigenvalue weighted by Crippen LogP contribution is 2.37. The Labute approximate surface area is 184 Å². The van der Waals surface area contributed by atoms with Gasteiger partial charge in [-0.2, -0.15) is 5.10 Å². The van der Waals surface area contributed by atoms with Gasteiger partial charge in [-0.25, -0.2) is 0 Å². The number of phenolic OH excluding ortho intramolecular Hbond substituents is 1. The third-order valence-electron chi connectivity index (χ3n) is 6.24. The molecule has 160 valence electrons. The van der Waals surface area contributed by atoms with E-state index in [1.165, 1.54) is 5.56 Å². The number of aromatic hydroxyl groups is 1. The Balaban J connectivity index is 0.00000204. The number of benzene rings is 1. The van der Waals surface area contributed by atoms with Crippen molar-refractivity contribution in [2.75, 3.05) is 13.2 Å². The van der Waals surface area contributed by atoms with Gasteiger partial charge in [0.15, 0.2) is 0 Å². The SMILES string of the molecule is Cl.Oc1cc(-c2cn[nH]c2)ccc1-c1cc2[nH]cc(C3CC4COCC(C3)N4)c2nn1. The maximum absolute atomic E-state index is 10.6. The Hall–Kier alpha value is -2.94. The molecule has 0 amide bonds. The summed E-state index contributed by atoms with van der Waals surface area (Å²) in [5.41, 5.74) is 6.18. The summed E-state index contributed by atoms with van der Waals surface area (Å²) in [6.07, 6.45) is 7.67. The molecule has 3 aromatic heterocycles. The van der Waals surface area contributed by atoms with Crippen molar-refractivity contribution in [3.8, 4) is 28.1 Å². The summed E-state index contributed by atoms with van der Waals surface area (Å²) in [6.45, 7) is 1.55. The summed E-state index contributed by atoms with van der Waals surface area (Å²) in [4.78, 5) is 3.37. The third kappa shape index (κ3) is 3.56. The number of hydrogen-bond acceptors (Lipinski definition) is 6. The molecule has 2 saturated heterocycles. The number of nitrogens with one attached hydrogen (secondary N) is 3. The van der Waals surface area contributed by atoms with Crippen LogP contribution in [0.4, 0.5) is 0 Å². The van der Waals surface area contributed by atoms with Crippen LogP contribution in [0.2, 0.25) is 0 Å². The van der Waals surface area contributed by atoms with E-state index < -0.39 is 0 Å². The van der Waals surface area contributed by atoms with Gasteiger partial charge in [0.05, 0.1) is 30.6 Å². The first-order valence-corrected chi connectivity index (χ1v) is 10.3. The van der Waals surface area contributed by atoms with E-state index in [0.29, 0.717) is 29.3 Å². The fourth-order valence-corrected chi connectivity index (χ4v) is 4.81. The van der Waals surface area contributed by atoms with E-state index in [9.17, 15) is 5.11 Å². The first kappa shape index (κ1) is 20.0. The molecule has 8 nitrogen and oxygen atoms in total. The van der Waals surface area contributed by atoms with Crippen molar-refractivity contribution < 1.29 is 9.84 Å². The molecule has 2 unspecified atom stereocenters. The summed E-state index contributed by atoms with van der Waals surface area (Å²) in [5, 5.41) is 30.0. The number of aromatic amines is 2. The van der Waals surface area contributed by atoms with Gasteiger partial charge in [-0.3, -0.25) is 5.10 Å². The molecule has 0 aliphatic carbocycles. The van der Waals surface area contributed by atoms with E-state index in [2.05, 4.69) is 36.9 Å². The van der Waals surface area contributed by atoms with Crippen molar-refractivity contribution in [1.82, 2.24) is 30.7 Å². The van der Waals surface area contributed by atoms with Crippen LogP contribution in [0, 0.1) is 0 Å². The molecule has 2 atom stereocenters. The highest BCUT2D eigenvalue weighted by molar-refractivity contribution is 5.85. The summed E-state index contributed by atoms with van der Waals surface area (Å²) in [6, 6.07) is 8.31. The number of piperidine rings is 1. The number of phenols is 1. The van der Waals surface area contributed by atoms with Crippen molar-refractivity contribution in [2.45, 2.75) is 30.8 Å². The van der Waals surface area contributed by atoms with E-state index in [-0.39, 0.29) is 18.2 Å². The van der Waals surface area contributed by atoms with Gasteiger partial charge >= 0.3 is 0 Å². The number of halogens is 1. The minimum absolute atomic E-state index is 0. The van der Waals surface area contributed by atoms with Crippen LogP contribution in [-0.4, -0.2) is 55.8 Å². The number of rotatable bonds is 3. The number of H-pyrrole nitrogens is 2. The lowest BCUT2D eigenvalue weighted by atomic mass is 9.83. The Morgan fingerprint density at radius 2 is 1.84 bits per heavy atom. The van der Waals surface area contributed by atoms with E-state index in [4.69, 9.17) is 4.74 Å². The number of hydrogen-bond donors (Lipinski definition) is 4. The molecule has 2 bridgehead atoms. The van der Waals surface area contributed by atoms with Crippen molar-refractivity contribution in [3.63, 3.8) is 0 Å². The Kier molecular flexibility index (Phi) is 5.13. The second-order valence-electron chi connectivity index (χ2n) is 8.22. The summed E-state index contributed by atoms with van der Waals surface area (Å²) >= 11 is 0. The lowest BCUT2D eigenvalue weighted by Gasteiger charge is -2.40. The van der Waals surface area contributed by atoms with Crippen LogP contribution >= 0.6 is 12.4 Å². The third-order valence-corrected chi connectivity index (χ3v) is 6.24. The number of morpholine rings is 1. The standard InChI is InChI=1S/C22H22N6O2.ClH/c29-21-5-12(14-7-24-25-8-14)1-2-17(21)19-6-20-22(28-27-19)18(9-23-20)13-3-15-10-30-11-16(4-13)26-15;/h1-2,5-9,13,15-16,23,26,29H,3-4,10-11H2,(H,24,25);1H. The number of nitrogens with zero attached hydrogens (tertiary/aromatic N) is 3. The molecule has 0 saturated carbocycles. The topological polar surface area (TPSA) is 112 Å². The zero-order chi connectivity index (χ0) is 20.1.